The maximum Gasteiger partial charge on any atom is 0.416 e. The van der Waals surface area contributed by atoms with E-state index < -0.39 is 23.7 Å². The molecule has 0 atom stereocenters. The summed E-state index contributed by atoms with van der Waals surface area (Å²) in [7, 11) is 1.48. The van der Waals surface area contributed by atoms with Crippen molar-refractivity contribution in [3.8, 4) is 11.5 Å². The summed E-state index contributed by atoms with van der Waals surface area (Å²) in [6, 6.07) is 12.6. The normalized spacial score (nSPS) is 11.1. The molecular formula is C28H26F3N5O5. The van der Waals surface area contributed by atoms with Gasteiger partial charge in [-0.05, 0) is 55.3 Å². The van der Waals surface area contributed by atoms with Crippen LogP contribution in [0, 0.1) is 6.92 Å². The minimum absolute atomic E-state index is 0.125. The molecule has 0 unspecified atom stereocenters. The molecule has 0 bridgehead atoms. The SMILES string of the molecule is COc1cc2c(Nc3cc(NC(=O)c4cccc(C(F)(F)F)c4)ccc3C)ncnc2cc1OCCCNC(=O)O. The van der Waals surface area contributed by atoms with E-state index in [0.29, 0.717) is 46.0 Å². The first-order chi connectivity index (χ1) is 19.5. The van der Waals surface area contributed by atoms with Crippen molar-refractivity contribution in [3.63, 3.8) is 0 Å². The molecule has 0 spiro atoms. The molecule has 13 heteroatoms. The number of nitrogens with one attached hydrogen (secondary N) is 3. The fourth-order valence-electron chi connectivity index (χ4n) is 3.89. The molecule has 0 aliphatic carbocycles. The van der Waals surface area contributed by atoms with Crippen LogP contribution in [0.3, 0.4) is 0 Å². The quantitative estimate of drug-likeness (QED) is 0.171. The number of rotatable bonds is 10. The van der Waals surface area contributed by atoms with Gasteiger partial charge in [0.15, 0.2) is 11.5 Å². The number of benzene rings is 3. The Kier molecular flexibility index (Phi) is 8.75. The highest BCUT2D eigenvalue weighted by molar-refractivity contribution is 6.04. The van der Waals surface area contributed by atoms with Crippen LogP contribution in [0.15, 0.2) is 60.9 Å². The number of carbonyl (C=O) groups is 2. The average Bonchev–Trinajstić information content (AvgIpc) is 2.93. The molecule has 0 aliphatic heterocycles. The van der Waals surface area contributed by atoms with Crippen LogP contribution in [0.1, 0.15) is 27.9 Å². The number of anilines is 3. The number of hydrogen-bond acceptors (Lipinski definition) is 7. The molecule has 41 heavy (non-hydrogen) atoms. The largest absolute Gasteiger partial charge is 0.493 e. The number of aryl methyl sites for hydroxylation is 1. The monoisotopic (exact) mass is 569 g/mol. The van der Waals surface area contributed by atoms with Gasteiger partial charge in [-0.3, -0.25) is 4.79 Å². The standard InChI is InChI=1S/C28H26F3N5O5/c1-16-7-8-19(35-26(37)17-5-3-6-18(11-17)28(29,30)31)12-21(16)36-25-20-13-23(40-2)24(14-22(20)33-15-34-25)41-10-4-9-32-27(38)39/h3,5-8,11-15,32H,4,9-10H2,1-2H3,(H,35,37)(H,38,39)(H,33,34,36). The van der Waals surface area contributed by atoms with E-state index in [2.05, 4.69) is 25.9 Å². The number of nitrogens with zero attached hydrogens (tertiary/aromatic N) is 2. The Hall–Kier alpha value is -5.07. The van der Waals surface area contributed by atoms with Gasteiger partial charge in [0, 0.05) is 34.9 Å². The molecule has 0 aliphatic rings. The van der Waals surface area contributed by atoms with Gasteiger partial charge in [-0.2, -0.15) is 13.2 Å². The summed E-state index contributed by atoms with van der Waals surface area (Å²) in [5.41, 5.74) is 1.29. The Bertz CT molecular complexity index is 1580. The second-order valence-electron chi connectivity index (χ2n) is 8.86. The maximum atomic E-state index is 13.1. The molecule has 3 aromatic carbocycles. The lowest BCUT2D eigenvalue weighted by molar-refractivity contribution is -0.137. The van der Waals surface area contributed by atoms with E-state index in [0.717, 1.165) is 17.7 Å². The van der Waals surface area contributed by atoms with Crippen LogP contribution in [0.25, 0.3) is 10.9 Å². The van der Waals surface area contributed by atoms with Gasteiger partial charge in [-0.25, -0.2) is 14.8 Å². The first-order valence-corrected chi connectivity index (χ1v) is 12.3. The molecule has 4 N–H and O–H groups in total. The van der Waals surface area contributed by atoms with Gasteiger partial charge in [-0.15, -0.1) is 0 Å². The van der Waals surface area contributed by atoms with Crippen molar-refractivity contribution < 1.29 is 37.3 Å². The average molecular weight is 570 g/mol. The summed E-state index contributed by atoms with van der Waals surface area (Å²) < 4.78 is 50.4. The lowest BCUT2D eigenvalue weighted by atomic mass is 10.1. The number of carboxylic acid groups (broad SMARTS) is 1. The zero-order valence-corrected chi connectivity index (χ0v) is 22.0. The van der Waals surface area contributed by atoms with Crippen LogP contribution in [0.2, 0.25) is 0 Å². The molecule has 0 saturated carbocycles. The molecule has 1 heterocycles. The molecule has 4 aromatic rings. The van der Waals surface area contributed by atoms with Gasteiger partial charge >= 0.3 is 12.3 Å². The first-order valence-electron chi connectivity index (χ1n) is 12.3. The second kappa shape index (κ2) is 12.4. The number of fused-ring (bicyclic) bond motifs is 1. The van der Waals surface area contributed by atoms with Crippen LogP contribution in [0.4, 0.5) is 35.2 Å². The molecular weight excluding hydrogens is 543 g/mol. The summed E-state index contributed by atoms with van der Waals surface area (Å²) >= 11 is 0. The van der Waals surface area contributed by atoms with E-state index in [1.54, 1.807) is 30.3 Å². The summed E-state index contributed by atoms with van der Waals surface area (Å²) in [5.74, 6) is 0.597. The second-order valence-corrected chi connectivity index (χ2v) is 8.86. The Morgan fingerprint density at radius 2 is 1.83 bits per heavy atom. The highest BCUT2D eigenvalue weighted by Crippen LogP contribution is 2.35. The zero-order chi connectivity index (χ0) is 29.6. The van der Waals surface area contributed by atoms with E-state index in [1.165, 1.54) is 25.6 Å². The number of amides is 2. The predicted molar refractivity (Wildman–Crippen MR) is 146 cm³/mol. The minimum atomic E-state index is -4.56. The van der Waals surface area contributed by atoms with Gasteiger partial charge < -0.3 is 30.5 Å². The number of aromatic nitrogens is 2. The Morgan fingerprint density at radius 3 is 2.56 bits per heavy atom. The van der Waals surface area contributed by atoms with E-state index in [9.17, 15) is 22.8 Å². The van der Waals surface area contributed by atoms with Crippen molar-refractivity contribution in [3.05, 3.63) is 77.6 Å². The minimum Gasteiger partial charge on any atom is -0.493 e. The topological polar surface area (TPSA) is 135 Å². The number of ether oxygens (including phenoxy) is 2. The molecule has 10 nitrogen and oxygen atoms in total. The van der Waals surface area contributed by atoms with Gasteiger partial charge in [0.1, 0.15) is 12.1 Å². The van der Waals surface area contributed by atoms with Crippen LogP contribution < -0.4 is 25.4 Å². The maximum absolute atomic E-state index is 13.1. The summed E-state index contributed by atoms with van der Waals surface area (Å²) in [6.07, 6.45) is -3.85. The zero-order valence-electron chi connectivity index (χ0n) is 22.0. The molecule has 4 rings (SSSR count). The molecule has 2 amide bonds. The third-order valence-electron chi connectivity index (χ3n) is 5.98. The molecule has 0 fully saturated rings. The summed E-state index contributed by atoms with van der Waals surface area (Å²) in [6.45, 7) is 2.33. The molecule has 214 valence electrons. The van der Waals surface area contributed by atoms with Crippen LogP contribution in [-0.2, 0) is 6.18 Å². The van der Waals surface area contributed by atoms with Crippen molar-refractivity contribution in [1.29, 1.82) is 0 Å². The number of hydrogen-bond donors (Lipinski definition) is 4. The Balaban J connectivity index is 1.54. The lowest BCUT2D eigenvalue weighted by Gasteiger charge is -2.15. The summed E-state index contributed by atoms with van der Waals surface area (Å²) in [5, 5.41) is 17.4. The highest BCUT2D eigenvalue weighted by Gasteiger charge is 2.31. The Labute approximate surface area is 232 Å². The first kappa shape index (κ1) is 28.9. The van der Waals surface area contributed by atoms with Gasteiger partial charge in [-0.1, -0.05) is 12.1 Å². The van der Waals surface area contributed by atoms with E-state index in [1.807, 2.05) is 6.92 Å². The smallest absolute Gasteiger partial charge is 0.416 e. The third-order valence-corrected chi connectivity index (χ3v) is 5.98. The fraction of sp³-hybridized carbons (Fsp3) is 0.214. The van der Waals surface area contributed by atoms with E-state index >= 15 is 0 Å². The van der Waals surface area contributed by atoms with Crippen LogP contribution >= 0.6 is 0 Å². The molecule has 0 radical (unpaired) electrons. The van der Waals surface area contributed by atoms with Crippen molar-refractivity contribution >= 4 is 40.1 Å². The lowest BCUT2D eigenvalue weighted by Crippen LogP contribution is -2.23. The summed E-state index contributed by atoms with van der Waals surface area (Å²) in [4.78, 5) is 31.9. The highest BCUT2D eigenvalue weighted by atomic mass is 19.4. The van der Waals surface area contributed by atoms with Crippen molar-refractivity contribution in [2.45, 2.75) is 19.5 Å². The van der Waals surface area contributed by atoms with Crippen molar-refractivity contribution in [1.82, 2.24) is 15.3 Å². The molecule has 0 saturated heterocycles. The van der Waals surface area contributed by atoms with Crippen molar-refractivity contribution in [2.75, 3.05) is 30.9 Å². The number of halogens is 3. The van der Waals surface area contributed by atoms with Gasteiger partial charge in [0.25, 0.3) is 5.91 Å². The van der Waals surface area contributed by atoms with Crippen LogP contribution in [-0.4, -0.2) is 47.3 Å². The predicted octanol–water partition coefficient (Wildman–Crippen LogP) is 6.00. The van der Waals surface area contributed by atoms with Crippen LogP contribution in [0.5, 0.6) is 11.5 Å². The number of carbonyl (C=O) groups excluding carboxylic acids is 1. The fourth-order valence-corrected chi connectivity index (χ4v) is 3.89. The van der Waals surface area contributed by atoms with Crippen molar-refractivity contribution in [2.24, 2.45) is 0 Å². The number of alkyl halides is 3. The molecule has 1 aromatic heterocycles. The third kappa shape index (κ3) is 7.32. The number of methoxy groups -OCH3 is 1. The van der Waals surface area contributed by atoms with Gasteiger partial charge in [0.05, 0.1) is 24.8 Å². The van der Waals surface area contributed by atoms with E-state index in [-0.39, 0.29) is 18.7 Å². The van der Waals surface area contributed by atoms with Gasteiger partial charge in [0.2, 0.25) is 0 Å². The van der Waals surface area contributed by atoms with E-state index in [4.69, 9.17) is 14.6 Å². The Morgan fingerprint density at radius 1 is 1.02 bits per heavy atom.